The van der Waals surface area contributed by atoms with Gasteiger partial charge in [-0.1, -0.05) is 5.16 Å². The van der Waals surface area contributed by atoms with E-state index in [1.165, 1.54) is 0 Å². The number of likely N-dealkylation sites (tertiary alicyclic amines) is 1. The number of nitrogens with zero attached hydrogens (tertiary/aromatic N) is 2. The number of anilines is 1. The van der Waals surface area contributed by atoms with Crippen molar-refractivity contribution < 1.29 is 19.2 Å². The number of hydrogen-bond acceptors (Lipinski definition) is 5. The molecule has 1 aliphatic rings. The molecule has 0 aromatic carbocycles. The van der Waals surface area contributed by atoms with E-state index in [2.05, 4.69) is 10.5 Å². The number of piperidine rings is 1. The molecule has 0 spiro atoms. The molecule has 106 valence electrons. The van der Waals surface area contributed by atoms with E-state index in [0.717, 1.165) is 12.8 Å². The van der Waals surface area contributed by atoms with Crippen molar-refractivity contribution in [1.82, 2.24) is 10.1 Å². The van der Waals surface area contributed by atoms with E-state index in [0.29, 0.717) is 31.3 Å². The van der Waals surface area contributed by atoms with Crippen LogP contribution in [0.15, 0.2) is 10.6 Å². The van der Waals surface area contributed by atoms with E-state index in [-0.39, 0.29) is 18.7 Å². The zero-order chi connectivity index (χ0) is 13.7. The Morgan fingerprint density at radius 2 is 2.58 bits per heavy atom. The highest BCUT2D eigenvalue weighted by Gasteiger charge is 2.24. The lowest BCUT2D eigenvalue weighted by atomic mass is 10.1. The first-order valence-corrected chi connectivity index (χ1v) is 6.40. The first-order chi connectivity index (χ1) is 9.19. The molecular formula is C12H19N3O4. The fourth-order valence-corrected chi connectivity index (χ4v) is 2.09. The van der Waals surface area contributed by atoms with E-state index < -0.39 is 0 Å². The van der Waals surface area contributed by atoms with E-state index >= 15 is 0 Å². The van der Waals surface area contributed by atoms with Crippen LogP contribution in [0, 0.1) is 6.92 Å². The molecule has 0 aliphatic carbocycles. The summed E-state index contributed by atoms with van der Waals surface area (Å²) < 4.78 is 10.4. The molecular weight excluding hydrogens is 250 g/mol. The summed E-state index contributed by atoms with van der Waals surface area (Å²) >= 11 is 0. The highest BCUT2D eigenvalue weighted by molar-refractivity contribution is 5.88. The number of aryl methyl sites for hydroxylation is 1. The number of nitrogens with one attached hydrogen (secondary N) is 1. The van der Waals surface area contributed by atoms with Gasteiger partial charge in [0.25, 0.3) is 0 Å². The van der Waals surface area contributed by atoms with Crippen LogP contribution in [-0.4, -0.2) is 53.6 Å². The van der Waals surface area contributed by atoms with Crippen LogP contribution in [0.2, 0.25) is 0 Å². The second-order valence-corrected chi connectivity index (χ2v) is 4.56. The van der Waals surface area contributed by atoms with Gasteiger partial charge in [-0.3, -0.25) is 5.32 Å². The molecule has 7 heteroatoms. The topological polar surface area (TPSA) is 87.8 Å². The largest absolute Gasteiger partial charge is 0.394 e. The molecule has 1 fully saturated rings. The number of rotatable bonds is 4. The lowest BCUT2D eigenvalue weighted by molar-refractivity contribution is -0.00463. The molecule has 2 rings (SSSR count). The summed E-state index contributed by atoms with van der Waals surface area (Å²) in [5.41, 5.74) is 0. The Morgan fingerprint density at radius 3 is 3.26 bits per heavy atom. The Kier molecular flexibility index (Phi) is 4.75. The molecule has 2 amide bonds. The van der Waals surface area contributed by atoms with Crippen LogP contribution in [0.3, 0.4) is 0 Å². The number of aliphatic hydroxyl groups is 1. The molecule has 0 saturated carbocycles. The fourth-order valence-electron chi connectivity index (χ4n) is 2.09. The van der Waals surface area contributed by atoms with Crippen molar-refractivity contribution in [3.05, 3.63) is 11.8 Å². The maximum absolute atomic E-state index is 12.0. The summed E-state index contributed by atoms with van der Waals surface area (Å²) in [6.45, 7) is 3.30. The molecule has 0 radical (unpaired) electrons. The lowest BCUT2D eigenvalue weighted by Crippen LogP contribution is -2.45. The zero-order valence-corrected chi connectivity index (χ0v) is 11.0. The second-order valence-electron chi connectivity index (χ2n) is 4.56. The van der Waals surface area contributed by atoms with Gasteiger partial charge in [0.15, 0.2) is 5.82 Å². The number of carbonyl (C=O) groups excluding carboxylic acids is 1. The Bertz CT molecular complexity index is 421. The molecule has 2 N–H and O–H groups in total. The van der Waals surface area contributed by atoms with Crippen molar-refractivity contribution in [1.29, 1.82) is 0 Å². The van der Waals surface area contributed by atoms with Gasteiger partial charge in [0.2, 0.25) is 0 Å². The number of urea groups is 1. The number of aromatic nitrogens is 1. The average Bonchev–Trinajstić information content (AvgIpc) is 2.82. The summed E-state index contributed by atoms with van der Waals surface area (Å²) in [6, 6.07) is 1.47. The number of carbonyl (C=O) groups is 1. The summed E-state index contributed by atoms with van der Waals surface area (Å²) in [5, 5.41) is 15.1. The van der Waals surface area contributed by atoms with Gasteiger partial charge in [0, 0.05) is 19.2 Å². The predicted molar refractivity (Wildman–Crippen MR) is 67.9 cm³/mol. The van der Waals surface area contributed by atoms with Crippen molar-refractivity contribution in [2.45, 2.75) is 25.9 Å². The van der Waals surface area contributed by atoms with Crippen LogP contribution in [0.5, 0.6) is 0 Å². The van der Waals surface area contributed by atoms with Crippen molar-refractivity contribution in [3.8, 4) is 0 Å². The van der Waals surface area contributed by atoms with Crippen LogP contribution >= 0.6 is 0 Å². The van der Waals surface area contributed by atoms with Crippen LogP contribution in [0.1, 0.15) is 18.6 Å². The Morgan fingerprint density at radius 1 is 1.74 bits per heavy atom. The van der Waals surface area contributed by atoms with Gasteiger partial charge in [-0.25, -0.2) is 4.79 Å². The molecule has 7 nitrogen and oxygen atoms in total. The van der Waals surface area contributed by atoms with E-state index in [9.17, 15) is 4.79 Å². The number of amides is 2. The fraction of sp³-hybridized carbons (Fsp3) is 0.667. The number of ether oxygens (including phenoxy) is 1. The van der Waals surface area contributed by atoms with Crippen LogP contribution in [0.25, 0.3) is 0 Å². The molecule has 2 heterocycles. The summed E-state index contributed by atoms with van der Waals surface area (Å²) in [5.74, 6) is 1.07. The maximum atomic E-state index is 12.0. The SMILES string of the molecule is Cc1cc(NC(=O)N2CCC[C@@H](OCCO)C2)no1. The molecule has 1 saturated heterocycles. The Balaban J connectivity index is 1.84. The predicted octanol–water partition coefficient (Wildman–Crippen LogP) is 0.988. The summed E-state index contributed by atoms with van der Waals surface area (Å²) in [6.07, 6.45) is 1.79. The van der Waals surface area contributed by atoms with E-state index in [1.54, 1.807) is 17.9 Å². The smallest absolute Gasteiger partial charge is 0.323 e. The zero-order valence-electron chi connectivity index (χ0n) is 11.0. The molecule has 19 heavy (non-hydrogen) atoms. The Labute approximate surface area is 111 Å². The highest BCUT2D eigenvalue weighted by atomic mass is 16.5. The van der Waals surface area contributed by atoms with Crippen LogP contribution < -0.4 is 5.32 Å². The van der Waals surface area contributed by atoms with Gasteiger partial charge in [0.05, 0.1) is 19.3 Å². The summed E-state index contributed by atoms with van der Waals surface area (Å²) in [7, 11) is 0. The van der Waals surface area contributed by atoms with Gasteiger partial charge in [0.1, 0.15) is 5.76 Å². The minimum absolute atomic E-state index is 0.000906. The van der Waals surface area contributed by atoms with Crippen molar-refractivity contribution in [3.63, 3.8) is 0 Å². The summed E-state index contributed by atoms with van der Waals surface area (Å²) in [4.78, 5) is 13.7. The van der Waals surface area contributed by atoms with Gasteiger partial charge in [-0.15, -0.1) is 0 Å². The van der Waals surface area contributed by atoms with E-state index in [4.69, 9.17) is 14.4 Å². The molecule has 0 unspecified atom stereocenters. The normalized spacial score (nSPS) is 19.5. The molecule has 1 aliphatic heterocycles. The second kappa shape index (κ2) is 6.53. The van der Waals surface area contributed by atoms with Crippen LogP contribution in [-0.2, 0) is 4.74 Å². The number of hydrogen-bond donors (Lipinski definition) is 2. The first-order valence-electron chi connectivity index (χ1n) is 6.40. The monoisotopic (exact) mass is 269 g/mol. The van der Waals surface area contributed by atoms with Crippen molar-refractivity contribution in [2.24, 2.45) is 0 Å². The van der Waals surface area contributed by atoms with Gasteiger partial charge >= 0.3 is 6.03 Å². The molecule has 1 aromatic heterocycles. The first kappa shape index (κ1) is 13.8. The third-order valence-electron chi connectivity index (χ3n) is 2.97. The molecule has 1 aromatic rings. The minimum Gasteiger partial charge on any atom is -0.394 e. The van der Waals surface area contributed by atoms with Crippen molar-refractivity contribution >= 4 is 11.8 Å². The third-order valence-corrected chi connectivity index (χ3v) is 2.97. The van der Waals surface area contributed by atoms with Gasteiger partial charge in [-0.05, 0) is 19.8 Å². The average molecular weight is 269 g/mol. The molecule has 1 atom stereocenters. The highest BCUT2D eigenvalue weighted by Crippen LogP contribution is 2.15. The minimum atomic E-state index is -0.203. The van der Waals surface area contributed by atoms with Gasteiger partial charge < -0.3 is 19.3 Å². The number of aliphatic hydroxyl groups excluding tert-OH is 1. The van der Waals surface area contributed by atoms with E-state index in [1.807, 2.05) is 0 Å². The van der Waals surface area contributed by atoms with Gasteiger partial charge in [-0.2, -0.15) is 0 Å². The molecule has 0 bridgehead atoms. The quantitative estimate of drug-likeness (QED) is 0.851. The standard InChI is InChI=1S/C12H19N3O4/c1-9-7-11(14-19-9)13-12(17)15-4-2-3-10(8-15)18-6-5-16/h7,10,16H,2-6,8H2,1H3,(H,13,14,17)/t10-/m1/s1. The third kappa shape index (κ3) is 3.93. The van der Waals surface area contributed by atoms with Crippen LogP contribution in [0.4, 0.5) is 10.6 Å². The van der Waals surface area contributed by atoms with Crippen molar-refractivity contribution in [2.75, 3.05) is 31.6 Å². The lowest BCUT2D eigenvalue weighted by Gasteiger charge is -2.32. The maximum Gasteiger partial charge on any atom is 0.323 e. The Hall–Kier alpha value is -1.60.